The predicted molar refractivity (Wildman–Crippen MR) is 132 cm³/mol. The number of carbonyl (C=O) groups excluding carboxylic acids is 2. The molecule has 2 aromatic rings. The van der Waals surface area contributed by atoms with Crippen molar-refractivity contribution in [2.45, 2.75) is 29.6 Å². The molecule has 10 heteroatoms. The molecule has 0 bridgehead atoms. The summed E-state index contributed by atoms with van der Waals surface area (Å²) in [6, 6.07) is 8.15. The predicted octanol–water partition coefficient (Wildman–Crippen LogP) is 5.79. The highest BCUT2D eigenvalue weighted by atomic mass is 32.2. The van der Waals surface area contributed by atoms with Gasteiger partial charge in [-0.2, -0.15) is 0 Å². The number of esters is 1. The fourth-order valence-corrected chi connectivity index (χ4v) is 6.09. The summed E-state index contributed by atoms with van der Waals surface area (Å²) in [4.78, 5) is 26.6. The fourth-order valence-electron chi connectivity index (χ4n) is 4.73. The second-order valence-electron chi connectivity index (χ2n) is 8.87. The maximum atomic E-state index is 14.2. The number of hydrogen-bond acceptors (Lipinski definition) is 8. The summed E-state index contributed by atoms with van der Waals surface area (Å²) in [6.45, 7) is 1.10. The van der Waals surface area contributed by atoms with E-state index in [4.69, 9.17) is 18.4 Å². The first kappa shape index (κ1) is 24.3. The van der Waals surface area contributed by atoms with Crippen LogP contribution in [0.25, 0.3) is 0 Å². The van der Waals surface area contributed by atoms with Crippen LogP contribution in [-0.4, -0.2) is 45.8 Å². The van der Waals surface area contributed by atoms with E-state index in [-0.39, 0.29) is 23.2 Å². The van der Waals surface area contributed by atoms with E-state index in [1.807, 2.05) is 12.3 Å². The average Bonchev–Trinajstić information content (AvgIpc) is 3.79. The van der Waals surface area contributed by atoms with Crippen molar-refractivity contribution in [2.75, 3.05) is 38.0 Å². The van der Waals surface area contributed by atoms with E-state index in [0.29, 0.717) is 41.4 Å². The maximum Gasteiger partial charge on any atom is 0.424 e. The van der Waals surface area contributed by atoms with Crippen molar-refractivity contribution >= 4 is 41.7 Å². The summed E-state index contributed by atoms with van der Waals surface area (Å²) in [5.41, 5.74) is 2.25. The lowest BCUT2D eigenvalue weighted by atomic mass is 10.00. The fraction of sp³-hybridized carbons (Fsp3) is 0.440. The van der Waals surface area contributed by atoms with E-state index in [9.17, 15) is 14.0 Å². The van der Waals surface area contributed by atoms with Crippen LogP contribution in [0, 0.1) is 17.7 Å². The van der Waals surface area contributed by atoms with E-state index >= 15 is 0 Å². The maximum absolute atomic E-state index is 14.2. The molecule has 0 N–H and O–H groups in total. The van der Waals surface area contributed by atoms with Crippen molar-refractivity contribution in [3.05, 3.63) is 52.8 Å². The molecular weight excluding hydrogens is 493 g/mol. The molecule has 7 nitrogen and oxygen atoms in total. The molecule has 4 atom stereocenters. The van der Waals surface area contributed by atoms with Crippen molar-refractivity contribution in [1.82, 2.24) is 0 Å². The summed E-state index contributed by atoms with van der Waals surface area (Å²) in [7, 11) is 2.57. The van der Waals surface area contributed by atoms with Gasteiger partial charge in [-0.3, -0.25) is 0 Å². The molecule has 0 aromatic heterocycles. The smallest absolute Gasteiger partial charge is 0.424 e. The Morgan fingerprint density at radius 1 is 1.11 bits per heavy atom. The van der Waals surface area contributed by atoms with Gasteiger partial charge in [0.2, 0.25) is 0 Å². The molecule has 0 spiro atoms. The summed E-state index contributed by atoms with van der Waals surface area (Å²) < 4.78 is 37.1. The number of halogens is 1. The number of fused-ring (bicyclic) bond motifs is 3. The minimum Gasteiger partial charge on any atom is -0.492 e. The van der Waals surface area contributed by atoms with Crippen LogP contribution in [0.4, 0.5) is 14.9 Å². The second-order valence-corrected chi connectivity index (χ2v) is 10.4. The zero-order valence-electron chi connectivity index (χ0n) is 19.6. The first-order chi connectivity index (χ1) is 17.0. The van der Waals surface area contributed by atoms with Gasteiger partial charge in [-0.25, -0.2) is 18.3 Å². The SMILES string of the molecule is COC(=O)c1c(N(Sc2ccc(F)cc2C2CC2COSC)C(=O)OC)ccc2c1OC[C@@H]1CC21. The van der Waals surface area contributed by atoms with Crippen LogP contribution in [0.1, 0.15) is 46.2 Å². The zero-order valence-corrected chi connectivity index (χ0v) is 21.2. The van der Waals surface area contributed by atoms with Gasteiger partial charge >= 0.3 is 12.1 Å². The van der Waals surface area contributed by atoms with E-state index in [1.165, 1.54) is 42.7 Å². The quantitative estimate of drug-likeness (QED) is 0.247. The third-order valence-electron chi connectivity index (χ3n) is 6.76. The average molecular weight is 520 g/mol. The molecule has 0 radical (unpaired) electrons. The normalized spacial score (nSPS) is 23.4. The van der Waals surface area contributed by atoms with Gasteiger partial charge in [-0.15, -0.1) is 0 Å². The van der Waals surface area contributed by atoms with Gasteiger partial charge < -0.3 is 18.4 Å². The zero-order chi connectivity index (χ0) is 24.7. The lowest BCUT2D eigenvalue weighted by Crippen LogP contribution is -2.27. The Balaban J connectivity index is 1.53. The highest BCUT2D eigenvalue weighted by Gasteiger charge is 2.46. The minimum absolute atomic E-state index is 0.124. The topological polar surface area (TPSA) is 74.3 Å². The van der Waals surface area contributed by atoms with E-state index in [1.54, 1.807) is 12.1 Å². The molecule has 0 saturated heterocycles. The van der Waals surface area contributed by atoms with E-state index < -0.39 is 12.1 Å². The van der Waals surface area contributed by atoms with E-state index in [2.05, 4.69) is 0 Å². The number of rotatable bonds is 8. The van der Waals surface area contributed by atoms with Gasteiger partial charge in [0.1, 0.15) is 17.1 Å². The molecular formula is C25H26FNO6S2. The highest BCUT2D eigenvalue weighted by molar-refractivity contribution is 8.01. The van der Waals surface area contributed by atoms with Crippen LogP contribution in [0.2, 0.25) is 0 Å². The molecule has 2 saturated carbocycles. The molecule has 35 heavy (non-hydrogen) atoms. The lowest BCUT2D eigenvalue weighted by molar-refractivity contribution is 0.0596. The number of amides is 1. The monoisotopic (exact) mass is 519 g/mol. The molecule has 2 fully saturated rings. The first-order valence-corrected chi connectivity index (χ1v) is 13.3. The number of methoxy groups -OCH3 is 2. The van der Waals surface area contributed by atoms with Gasteiger partial charge in [-0.05, 0) is 90.0 Å². The van der Waals surface area contributed by atoms with Gasteiger partial charge in [0.05, 0.1) is 33.1 Å². The minimum atomic E-state index is -0.673. The van der Waals surface area contributed by atoms with Gasteiger partial charge in [0.25, 0.3) is 0 Å². The Bertz CT molecular complexity index is 1160. The highest BCUT2D eigenvalue weighted by Crippen LogP contribution is 2.56. The molecule has 2 aliphatic carbocycles. The summed E-state index contributed by atoms with van der Waals surface area (Å²) in [5.74, 6) is 0.743. The number of benzene rings is 2. The van der Waals surface area contributed by atoms with Crippen LogP contribution in [-0.2, 0) is 13.7 Å². The number of anilines is 1. The van der Waals surface area contributed by atoms with Gasteiger partial charge in [0.15, 0.2) is 0 Å². The summed E-state index contributed by atoms with van der Waals surface area (Å²) in [5, 5.41) is 0. The van der Waals surface area contributed by atoms with Crippen LogP contribution < -0.4 is 9.04 Å². The number of nitrogens with zero attached hydrogens (tertiary/aromatic N) is 1. The summed E-state index contributed by atoms with van der Waals surface area (Å²) >= 11 is 2.40. The first-order valence-electron chi connectivity index (χ1n) is 11.4. The Morgan fingerprint density at radius 2 is 1.94 bits per heavy atom. The van der Waals surface area contributed by atoms with Crippen molar-refractivity contribution in [3.63, 3.8) is 0 Å². The largest absolute Gasteiger partial charge is 0.492 e. The molecule has 3 aliphatic rings. The molecule has 1 amide bonds. The summed E-state index contributed by atoms with van der Waals surface area (Å²) in [6.07, 6.45) is 3.08. The molecule has 2 aromatic carbocycles. The Labute approximate surface area is 212 Å². The van der Waals surface area contributed by atoms with Crippen LogP contribution in [0.5, 0.6) is 5.75 Å². The Kier molecular flexibility index (Phi) is 6.87. The molecule has 186 valence electrons. The van der Waals surface area contributed by atoms with Crippen LogP contribution >= 0.6 is 24.0 Å². The lowest BCUT2D eigenvalue weighted by Gasteiger charge is -2.26. The third kappa shape index (κ3) is 4.71. The van der Waals surface area contributed by atoms with Crippen LogP contribution in [0.3, 0.4) is 0 Å². The standard InChI is InChI=1S/C25H26FNO6S2/c1-30-24(28)22-20(6-5-16-17-8-13(17)11-32-23(16)22)27(25(29)31-2)35-21-7-4-15(26)10-19(21)18-9-14(18)12-33-34-3/h4-7,10,13-14,17-18H,8-9,11-12H2,1-3H3/t13-,14?,17?,18?/m0/s1. The Morgan fingerprint density at radius 3 is 2.69 bits per heavy atom. The number of hydrogen-bond donors (Lipinski definition) is 0. The van der Waals surface area contributed by atoms with Crippen LogP contribution in [0.15, 0.2) is 35.2 Å². The molecule has 1 heterocycles. The second kappa shape index (κ2) is 9.91. The molecule has 1 aliphatic heterocycles. The number of ether oxygens (including phenoxy) is 3. The Hall–Kier alpha value is -2.43. The third-order valence-corrected chi connectivity index (χ3v) is 8.23. The van der Waals surface area contributed by atoms with Crippen molar-refractivity contribution in [1.29, 1.82) is 0 Å². The van der Waals surface area contributed by atoms with Gasteiger partial charge in [-0.1, -0.05) is 6.07 Å². The van der Waals surface area contributed by atoms with Crippen molar-refractivity contribution in [3.8, 4) is 5.75 Å². The molecule has 3 unspecified atom stereocenters. The van der Waals surface area contributed by atoms with Crippen molar-refractivity contribution in [2.24, 2.45) is 11.8 Å². The number of carbonyl (C=O) groups is 2. The van der Waals surface area contributed by atoms with Crippen molar-refractivity contribution < 1.29 is 32.4 Å². The molecule has 5 rings (SSSR count). The van der Waals surface area contributed by atoms with Gasteiger partial charge in [0, 0.05) is 17.1 Å². The van der Waals surface area contributed by atoms with E-state index in [0.717, 1.165) is 35.9 Å².